The quantitative estimate of drug-likeness (QED) is 0.315. The van der Waals surface area contributed by atoms with Crippen molar-refractivity contribution in [3.05, 3.63) is 96.8 Å². The highest BCUT2D eigenvalue weighted by Gasteiger charge is 2.15. The SMILES string of the molecule is CCOc1ccc(-c2cc[c]c(-c3ccc(F)cc3)c2-c2ccc(OCC)cc2)cc1. The van der Waals surface area contributed by atoms with Crippen LogP contribution >= 0.6 is 0 Å². The highest BCUT2D eigenvalue weighted by atomic mass is 19.1. The fourth-order valence-electron chi connectivity index (χ4n) is 3.67. The van der Waals surface area contributed by atoms with Gasteiger partial charge in [-0.2, -0.15) is 0 Å². The smallest absolute Gasteiger partial charge is 0.123 e. The first-order chi connectivity index (χ1) is 15.2. The van der Waals surface area contributed by atoms with Crippen molar-refractivity contribution >= 4 is 0 Å². The van der Waals surface area contributed by atoms with Gasteiger partial charge in [0.1, 0.15) is 17.3 Å². The first-order valence-corrected chi connectivity index (χ1v) is 10.5. The Balaban J connectivity index is 1.88. The van der Waals surface area contributed by atoms with E-state index in [9.17, 15) is 4.39 Å². The molecule has 0 atom stereocenters. The second-order valence-electron chi connectivity index (χ2n) is 7.06. The minimum absolute atomic E-state index is 0.256. The van der Waals surface area contributed by atoms with Crippen LogP contribution in [-0.4, -0.2) is 13.2 Å². The molecular weight excluding hydrogens is 387 g/mol. The molecule has 0 aliphatic carbocycles. The van der Waals surface area contributed by atoms with Gasteiger partial charge in [0.25, 0.3) is 0 Å². The molecular formula is C28H24FO2. The maximum atomic E-state index is 13.6. The molecule has 0 heterocycles. The van der Waals surface area contributed by atoms with E-state index in [1.54, 1.807) is 12.1 Å². The molecule has 1 radical (unpaired) electrons. The normalized spacial score (nSPS) is 10.7. The topological polar surface area (TPSA) is 18.5 Å². The van der Waals surface area contributed by atoms with Gasteiger partial charge in [0.05, 0.1) is 13.2 Å². The Morgan fingerprint density at radius 3 is 1.71 bits per heavy atom. The molecule has 0 aliphatic heterocycles. The highest BCUT2D eigenvalue weighted by Crippen LogP contribution is 2.40. The molecule has 4 aromatic carbocycles. The fourth-order valence-corrected chi connectivity index (χ4v) is 3.67. The Labute approximate surface area is 182 Å². The van der Waals surface area contributed by atoms with E-state index >= 15 is 0 Å². The summed E-state index contributed by atoms with van der Waals surface area (Å²) in [4.78, 5) is 0. The van der Waals surface area contributed by atoms with Gasteiger partial charge in [0.2, 0.25) is 0 Å². The average molecular weight is 411 g/mol. The Kier molecular flexibility index (Phi) is 6.32. The number of halogens is 1. The minimum Gasteiger partial charge on any atom is -0.494 e. The Hall–Kier alpha value is -3.59. The molecule has 0 saturated heterocycles. The van der Waals surface area contributed by atoms with Gasteiger partial charge in [0, 0.05) is 0 Å². The van der Waals surface area contributed by atoms with Crippen LogP contribution in [-0.2, 0) is 0 Å². The van der Waals surface area contributed by atoms with E-state index in [4.69, 9.17) is 9.47 Å². The molecule has 0 aromatic heterocycles. The van der Waals surface area contributed by atoms with Crippen LogP contribution in [0.5, 0.6) is 11.5 Å². The van der Waals surface area contributed by atoms with Crippen LogP contribution < -0.4 is 9.47 Å². The fraction of sp³-hybridized carbons (Fsp3) is 0.143. The van der Waals surface area contributed by atoms with Crippen molar-refractivity contribution in [3.8, 4) is 44.9 Å². The van der Waals surface area contributed by atoms with E-state index in [-0.39, 0.29) is 5.82 Å². The molecule has 0 spiro atoms. The van der Waals surface area contributed by atoms with E-state index in [0.29, 0.717) is 13.2 Å². The number of rotatable bonds is 7. The first kappa shape index (κ1) is 20.7. The Morgan fingerprint density at radius 1 is 0.645 bits per heavy atom. The molecule has 4 rings (SSSR count). The van der Waals surface area contributed by atoms with Gasteiger partial charge in [0.15, 0.2) is 0 Å². The number of benzene rings is 4. The van der Waals surface area contributed by atoms with Crippen molar-refractivity contribution in [2.24, 2.45) is 0 Å². The lowest BCUT2D eigenvalue weighted by Gasteiger charge is -2.17. The molecule has 0 aliphatic rings. The summed E-state index contributed by atoms with van der Waals surface area (Å²) in [6.07, 6.45) is 0. The molecule has 2 nitrogen and oxygen atoms in total. The Morgan fingerprint density at radius 2 is 1.16 bits per heavy atom. The zero-order valence-corrected chi connectivity index (χ0v) is 17.7. The van der Waals surface area contributed by atoms with E-state index in [2.05, 4.69) is 36.4 Å². The molecule has 4 aromatic rings. The predicted octanol–water partition coefficient (Wildman–Crippen LogP) is 7.42. The lowest BCUT2D eigenvalue weighted by atomic mass is 9.87. The summed E-state index contributed by atoms with van der Waals surface area (Å²) in [5.74, 6) is 1.42. The summed E-state index contributed by atoms with van der Waals surface area (Å²) in [6, 6.07) is 30.1. The molecule has 0 bridgehead atoms. The number of ether oxygens (including phenoxy) is 2. The minimum atomic E-state index is -0.256. The zero-order chi connectivity index (χ0) is 21.6. The van der Waals surface area contributed by atoms with Crippen LogP contribution in [0.2, 0.25) is 0 Å². The molecule has 0 fully saturated rings. The second kappa shape index (κ2) is 9.48. The lowest BCUT2D eigenvalue weighted by molar-refractivity contribution is 0.340. The molecule has 31 heavy (non-hydrogen) atoms. The van der Waals surface area contributed by atoms with Crippen molar-refractivity contribution in [1.82, 2.24) is 0 Å². The largest absolute Gasteiger partial charge is 0.494 e. The summed E-state index contributed by atoms with van der Waals surface area (Å²) < 4.78 is 24.8. The van der Waals surface area contributed by atoms with Crippen LogP contribution in [0.25, 0.3) is 33.4 Å². The summed E-state index contributed by atoms with van der Waals surface area (Å²) >= 11 is 0. The lowest BCUT2D eigenvalue weighted by Crippen LogP contribution is -1.94. The third-order valence-corrected chi connectivity index (χ3v) is 5.06. The third kappa shape index (κ3) is 4.61. The molecule has 0 N–H and O–H groups in total. The van der Waals surface area contributed by atoms with Crippen molar-refractivity contribution in [3.63, 3.8) is 0 Å². The van der Waals surface area contributed by atoms with Crippen molar-refractivity contribution in [2.75, 3.05) is 13.2 Å². The van der Waals surface area contributed by atoms with Gasteiger partial charge < -0.3 is 9.47 Å². The van der Waals surface area contributed by atoms with Gasteiger partial charge in [-0.15, -0.1) is 0 Å². The van der Waals surface area contributed by atoms with Crippen LogP contribution in [0.4, 0.5) is 4.39 Å². The van der Waals surface area contributed by atoms with E-state index in [1.807, 2.05) is 44.2 Å². The van der Waals surface area contributed by atoms with Gasteiger partial charge in [-0.1, -0.05) is 48.5 Å². The van der Waals surface area contributed by atoms with Gasteiger partial charge in [-0.25, -0.2) is 4.39 Å². The van der Waals surface area contributed by atoms with Crippen LogP contribution in [0.3, 0.4) is 0 Å². The molecule has 0 unspecified atom stereocenters. The first-order valence-electron chi connectivity index (χ1n) is 10.5. The number of hydrogen-bond donors (Lipinski definition) is 0. The van der Waals surface area contributed by atoms with Crippen LogP contribution in [0, 0.1) is 11.9 Å². The molecule has 0 saturated carbocycles. The Bertz CT molecular complexity index is 1130. The maximum Gasteiger partial charge on any atom is 0.123 e. The van der Waals surface area contributed by atoms with Gasteiger partial charge >= 0.3 is 0 Å². The van der Waals surface area contributed by atoms with Gasteiger partial charge in [-0.3, -0.25) is 0 Å². The molecule has 0 amide bonds. The summed E-state index contributed by atoms with van der Waals surface area (Å²) in [7, 11) is 0. The van der Waals surface area contributed by atoms with Crippen LogP contribution in [0.15, 0.2) is 84.9 Å². The highest BCUT2D eigenvalue weighted by molar-refractivity contribution is 5.94. The number of hydrogen-bond acceptors (Lipinski definition) is 2. The van der Waals surface area contributed by atoms with E-state index in [0.717, 1.165) is 44.9 Å². The van der Waals surface area contributed by atoms with E-state index in [1.165, 1.54) is 12.1 Å². The van der Waals surface area contributed by atoms with Crippen molar-refractivity contribution < 1.29 is 13.9 Å². The third-order valence-electron chi connectivity index (χ3n) is 5.06. The molecule has 155 valence electrons. The second-order valence-corrected chi connectivity index (χ2v) is 7.06. The predicted molar refractivity (Wildman–Crippen MR) is 124 cm³/mol. The van der Waals surface area contributed by atoms with Crippen molar-refractivity contribution in [2.45, 2.75) is 13.8 Å². The maximum absolute atomic E-state index is 13.6. The monoisotopic (exact) mass is 411 g/mol. The van der Waals surface area contributed by atoms with E-state index < -0.39 is 0 Å². The summed E-state index contributed by atoms with van der Waals surface area (Å²) in [5.41, 5.74) is 6.08. The standard InChI is InChI=1S/C28H24FO2/c1-3-30-24-16-10-21(11-17-24)27-7-5-6-26(20-8-14-23(29)15-9-20)28(27)22-12-18-25(19-13-22)31-4-2/h5,7-19H,3-4H2,1-2H3. The zero-order valence-electron chi connectivity index (χ0n) is 17.7. The summed E-state index contributed by atoms with van der Waals surface area (Å²) in [6.45, 7) is 5.19. The average Bonchev–Trinajstić information content (AvgIpc) is 2.81. The molecule has 3 heteroatoms. The van der Waals surface area contributed by atoms with Crippen LogP contribution in [0.1, 0.15) is 13.8 Å². The van der Waals surface area contributed by atoms with Gasteiger partial charge in [-0.05, 0) is 89.7 Å². The summed E-state index contributed by atoms with van der Waals surface area (Å²) in [5, 5.41) is 0. The van der Waals surface area contributed by atoms with Crippen molar-refractivity contribution in [1.29, 1.82) is 0 Å².